The van der Waals surface area contributed by atoms with E-state index >= 15 is 0 Å². The third-order valence-electron chi connectivity index (χ3n) is 4.12. The first-order chi connectivity index (χ1) is 12.4. The maximum atomic E-state index is 12.0. The molecule has 2 aromatic rings. The van der Waals surface area contributed by atoms with Crippen molar-refractivity contribution in [3.63, 3.8) is 0 Å². The first-order valence-electron chi connectivity index (χ1n) is 8.62. The van der Waals surface area contributed by atoms with Crippen LogP contribution in [0.1, 0.15) is 36.5 Å². The Hall–Kier alpha value is -2.82. The van der Waals surface area contributed by atoms with E-state index in [-0.39, 0.29) is 25.0 Å². The summed E-state index contributed by atoms with van der Waals surface area (Å²) in [6.45, 7) is 7.42. The van der Waals surface area contributed by atoms with Crippen molar-refractivity contribution in [1.29, 1.82) is 0 Å². The van der Waals surface area contributed by atoms with Gasteiger partial charge in [0.1, 0.15) is 5.75 Å². The highest BCUT2D eigenvalue weighted by Crippen LogP contribution is 2.23. The summed E-state index contributed by atoms with van der Waals surface area (Å²) in [4.78, 5) is 23.9. The van der Waals surface area contributed by atoms with Crippen molar-refractivity contribution in [2.45, 2.75) is 33.6 Å². The maximum Gasteiger partial charge on any atom is 0.344 e. The van der Waals surface area contributed by atoms with Crippen LogP contribution in [0.5, 0.6) is 5.75 Å². The van der Waals surface area contributed by atoms with Crippen LogP contribution in [0.4, 0.5) is 5.69 Å². The van der Waals surface area contributed by atoms with Crippen molar-refractivity contribution >= 4 is 17.6 Å². The number of ether oxygens (including phenoxy) is 2. The number of benzene rings is 2. The quantitative estimate of drug-likeness (QED) is 0.763. The molecule has 0 atom stereocenters. The highest BCUT2D eigenvalue weighted by molar-refractivity contribution is 5.93. The van der Waals surface area contributed by atoms with E-state index in [1.165, 1.54) is 0 Å². The average Bonchev–Trinajstić information content (AvgIpc) is 2.61. The second kappa shape index (κ2) is 9.04. The molecule has 138 valence electrons. The van der Waals surface area contributed by atoms with E-state index in [1.54, 1.807) is 6.07 Å². The Labute approximate surface area is 154 Å². The summed E-state index contributed by atoms with van der Waals surface area (Å²) in [6, 6.07) is 13.2. The lowest BCUT2D eigenvalue weighted by Gasteiger charge is -2.14. The molecule has 0 radical (unpaired) electrons. The van der Waals surface area contributed by atoms with Gasteiger partial charge in [-0.3, -0.25) is 4.79 Å². The number of esters is 1. The first kappa shape index (κ1) is 19.5. The van der Waals surface area contributed by atoms with Crippen LogP contribution in [0, 0.1) is 13.8 Å². The second-order valence-electron chi connectivity index (χ2n) is 6.44. The monoisotopic (exact) mass is 355 g/mol. The minimum Gasteiger partial charge on any atom is -0.482 e. The molecule has 0 heterocycles. The van der Waals surface area contributed by atoms with Gasteiger partial charge in [0.05, 0.1) is 0 Å². The number of amides is 1. The molecule has 0 saturated heterocycles. The van der Waals surface area contributed by atoms with E-state index < -0.39 is 5.97 Å². The molecule has 0 unspecified atom stereocenters. The van der Waals surface area contributed by atoms with Gasteiger partial charge < -0.3 is 14.8 Å². The molecule has 1 N–H and O–H groups in total. The number of anilines is 1. The fraction of sp³-hybridized carbons (Fsp3) is 0.333. The number of rotatable bonds is 7. The average molecular weight is 355 g/mol. The fourth-order valence-corrected chi connectivity index (χ4v) is 2.51. The Balaban J connectivity index is 1.82. The van der Waals surface area contributed by atoms with Crippen LogP contribution in [0.2, 0.25) is 0 Å². The van der Waals surface area contributed by atoms with Crippen LogP contribution >= 0.6 is 0 Å². The minimum absolute atomic E-state index is 0.236. The summed E-state index contributed by atoms with van der Waals surface area (Å²) in [5.74, 6) is -0.0475. The summed E-state index contributed by atoms with van der Waals surface area (Å²) in [5.41, 5.74) is 3.82. The first-order valence-corrected chi connectivity index (χ1v) is 8.62. The predicted octanol–water partition coefficient (Wildman–Crippen LogP) is 3.99. The van der Waals surface area contributed by atoms with Crippen LogP contribution in [0.15, 0.2) is 42.5 Å². The highest BCUT2D eigenvalue weighted by Gasteiger charge is 2.12. The van der Waals surface area contributed by atoms with Gasteiger partial charge in [-0.25, -0.2) is 4.79 Å². The molecule has 2 rings (SSSR count). The molecule has 5 heteroatoms. The molecule has 26 heavy (non-hydrogen) atoms. The van der Waals surface area contributed by atoms with Gasteiger partial charge in [-0.15, -0.1) is 0 Å². The molecule has 0 spiro atoms. The van der Waals surface area contributed by atoms with Crippen molar-refractivity contribution < 1.29 is 19.1 Å². The second-order valence-corrected chi connectivity index (χ2v) is 6.44. The van der Waals surface area contributed by atoms with E-state index in [0.717, 1.165) is 22.4 Å². The molecule has 5 nitrogen and oxygen atoms in total. The minimum atomic E-state index is -0.585. The Kier molecular flexibility index (Phi) is 6.78. The SMILES string of the molecule is Cc1cccc(OCC(=O)OCC(=O)Nc2ccccc2C(C)C)c1C. The Morgan fingerprint density at radius 1 is 1.00 bits per heavy atom. The van der Waals surface area contributed by atoms with Gasteiger partial charge in [0, 0.05) is 5.69 Å². The Morgan fingerprint density at radius 2 is 1.73 bits per heavy atom. The largest absolute Gasteiger partial charge is 0.482 e. The molecular formula is C21H25NO4. The zero-order valence-corrected chi connectivity index (χ0v) is 15.7. The van der Waals surface area contributed by atoms with E-state index in [0.29, 0.717) is 5.75 Å². The van der Waals surface area contributed by atoms with Gasteiger partial charge in [-0.1, -0.05) is 44.2 Å². The van der Waals surface area contributed by atoms with Crippen molar-refractivity contribution in [2.24, 2.45) is 0 Å². The van der Waals surface area contributed by atoms with E-state index in [4.69, 9.17) is 9.47 Å². The summed E-state index contributed by atoms with van der Waals surface area (Å²) >= 11 is 0. The fourth-order valence-electron chi connectivity index (χ4n) is 2.51. The number of aryl methyl sites for hydroxylation is 1. The summed E-state index contributed by atoms with van der Waals surface area (Å²) in [7, 11) is 0. The number of para-hydroxylation sites is 1. The molecule has 0 saturated carbocycles. The van der Waals surface area contributed by atoms with Crippen LogP contribution in [-0.2, 0) is 14.3 Å². The zero-order valence-electron chi connectivity index (χ0n) is 15.7. The standard InChI is InChI=1S/C21H25NO4/c1-14(2)17-9-5-6-10-18(17)22-20(23)12-26-21(24)13-25-19-11-7-8-15(3)16(19)4/h5-11,14H,12-13H2,1-4H3,(H,22,23). The van der Waals surface area contributed by atoms with Crippen LogP contribution in [0.25, 0.3) is 0 Å². The predicted molar refractivity (Wildman–Crippen MR) is 102 cm³/mol. The van der Waals surface area contributed by atoms with Crippen LogP contribution in [-0.4, -0.2) is 25.1 Å². The molecule has 0 fully saturated rings. The third-order valence-corrected chi connectivity index (χ3v) is 4.12. The maximum absolute atomic E-state index is 12.0. The Morgan fingerprint density at radius 3 is 2.46 bits per heavy atom. The highest BCUT2D eigenvalue weighted by atomic mass is 16.6. The van der Waals surface area contributed by atoms with E-state index in [2.05, 4.69) is 19.2 Å². The molecular weight excluding hydrogens is 330 g/mol. The zero-order chi connectivity index (χ0) is 19.1. The molecule has 0 bridgehead atoms. The van der Waals surface area contributed by atoms with Gasteiger partial charge in [0.2, 0.25) is 0 Å². The van der Waals surface area contributed by atoms with Crippen molar-refractivity contribution in [3.05, 3.63) is 59.2 Å². The number of carbonyl (C=O) groups excluding carboxylic acids is 2. The topological polar surface area (TPSA) is 64.6 Å². The molecule has 2 aromatic carbocycles. The summed E-state index contributed by atoms with van der Waals surface area (Å²) < 4.78 is 10.5. The Bertz CT molecular complexity index is 783. The molecule has 0 aromatic heterocycles. The van der Waals surface area contributed by atoms with E-state index in [9.17, 15) is 9.59 Å². The molecule has 0 aliphatic carbocycles. The van der Waals surface area contributed by atoms with Crippen LogP contribution < -0.4 is 10.1 Å². The lowest BCUT2D eigenvalue weighted by molar-refractivity contribution is -0.149. The normalized spacial score (nSPS) is 10.5. The molecule has 0 aliphatic heterocycles. The van der Waals surface area contributed by atoms with Gasteiger partial charge in [-0.05, 0) is 48.6 Å². The molecule has 0 aliphatic rings. The van der Waals surface area contributed by atoms with Crippen molar-refractivity contribution in [3.8, 4) is 5.75 Å². The van der Waals surface area contributed by atoms with E-state index in [1.807, 2.05) is 50.2 Å². The van der Waals surface area contributed by atoms with Crippen molar-refractivity contribution in [1.82, 2.24) is 0 Å². The lowest BCUT2D eigenvalue weighted by Crippen LogP contribution is -2.24. The number of hydrogen-bond donors (Lipinski definition) is 1. The van der Waals surface area contributed by atoms with Gasteiger partial charge in [0.25, 0.3) is 5.91 Å². The smallest absolute Gasteiger partial charge is 0.344 e. The summed E-state index contributed by atoms with van der Waals surface area (Å²) in [6.07, 6.45) is 0. The number of nitrogens with one attached hydrogen (secondary N) is 1. The number of carbonyl (C=O) groups is 2. The third kappa shape index (κ3) is 5.34. The van der Waals surface area contributed by atoms with Crippen molar-refractivity contribution in [2.75, 3.05) is 18.5 Å². The summed E-state index contributed by atoms with van der Waals surface area (Å²) in [5, 5.41) is 2.78. The van der Waals surface area contributed by atoms with Gasteiger partial charge in [-0.2, -0.15) is 0 Å². The molecule has 1 amide bonds. The number of hydrogen-bond acceptors (Lipinski definition) is 4. The lowest BCUT2D eigenvalue weighted by atomic mass is 10.0. The van der Waals surface area contributed by atoms with Gasteiger partial charge in [0.15, 0.2) is 13.2 Å². The van der Waals surface area contributed by atoms with Gasteiger partial charge >= 0.3 is 5.97 Å². The van der Waals surface area contributed by atoms with Crippen LogP contribution in [0.3, 0.4) is 0 Å².